The first kappa shape index (κ1) is 17.2. The van der Waals surface area contributed by atoms with E-state index in [1.165, 1.54) is 0 Å². The Morgan fingerprint density at radius 1 is 1.33 bits per heavy atom. The summed E-state index contributed by atoms with van der Waals surface area (Å²) in [4.78, 5) is 22.1. The van der Waals surface area contributed by atoms with Gasteiger partial charge in [-0.3, -0.25) is 0 Å². The number of thioether (sulfide) groups is 1. The molecule has 1 rings (SSSR count). The van der Waals surface area contributed by atoms with Crippen molar-refractivity contribution in [2.24, 2.45) is 0 Å². The third kappa shape index (κ3) is 8.09. The molecule has 21 heavy (non-hydrogen) atoms. The SMILES string of the molecule is CSCCCCNC(=O)Nc1cccc(OCC(=O)O)c1. The molecule has 2 amide bonds. The monoisotopic (exact) mass is 312 g/mol. The van der Waals surface area contributed by atoms with Crippen molar-refractivity contribution < 1.29 is 19.4 Å². The van der Waals surface area contributed by atoms with E-state index in [9.17, 15) is 9.59 Å². The Labute approximate surface area is 128 Å². The number of carbonyl (C=O) groups is 2. The first-order chi connectivity index (χ1) is 10.1. The van der Waals surface area contributed by atoms with E-state index in [4.69, 9.17) is 9.84 Å². The van der Waals surface area contributed by atoms with Gasteiger partial charge in [0.15, 0.2) is 6.61 Å². The van der Waals surface area contributed by atoms with E-state index in [0.29, 0.717) is 18.0 Å². The minimum atomic E-state index is -1.05. The van der Waals surface area contributed by atoms with Crippen LogP contribution in [0.4, 0.5) is 10.5 Å². The van der Waals surface area contributed by atoms with Crippen LogP contribution >= 0.6 is 11.8 Å². The zero-order valence-corrected chi connectivity index (χ0v) is 12.7. The lowest BCUT2D eigenvalue weighted by Gasteiger charge is -2.09. The van der Waals surface area contributed by atoms with Crippen molar-refractivity contribution in [1.29, 1.82) is 0 Å². The van der Waals surface area contributed by atoms with E-state index in [-0.39, 0.29) is 6.03 Å². The smallest absolute Gasteiger partial charge is 0.341 e. The Morgan fingerprint density at radius 3 is 2.86 bits per heavy atom. The Bertz CT molecular complexity index is 468. The molecule has 0 fully saturated rings. The predicted octanol–water partition coefficient (Wildman–Crippen LogP) is 2.41. The van der Waals surface area contributed by atoms with Crippen molar-refractivity contribution in [2.45, 2.75) is 12.8 Å². The average Bonchev–Trinajstić information content (AvgIpc) is 2.45. The van der Waals surface area contributed by atoms with Gasteiger partial charge in [-0.25, -0.2) is 9.59 Å². The molecule has 0 spiro atoms. The molecule has 1 aromatic rings. The number of ether oxygens (including phenoxy) is 1. The highest BCUT2D eigenvalue weighted by Gasteiger charge is 2.03. The highest BCUT2D eigenvalue weighted by molar-refractivity contribution is 7.98. The summed E-state index contributed by atoms with van der Waals surface area (Å²) in [6, 6.07) is 6.33. The summed E-state index contributed by atoms with van der Waals surface area (Å²) in [5.74, 6) is 0.443. The lowest BCUT2D eigenvalue weighted by Crippen LogP contribution is -2.29. The molecule has 116 valence electrons. The van der Waals surface area contributed by atoms with Gasteiger partial charge in [0.05, 0.1) is 0 Å². The van der Waals surface area contributed by atoms with Crippen LogP contribution in [0.2, 0.25) is 0 Å². The van der Waals surface area contributed by atoms with Crippen LogP contribution in [0.1, 0.15) is 12.8 Å². The number of unbranched alkanes of at least 4 members (excludes halogenated alkanes) is 1. The predicted molar refractivity (Wildman–Crippen MR) is 84.2 cm³/mol. The Balaban J connectivity index is 2.34. The molecule has 0 aliphatic rings. The first-order valence-electron chi connectivity index (χ1n) is 6.60. The number of carboxylic acids is 1. The quantitative estimate of drug-likeness (QED) is 0.610. The Morgan fingerprint density at radius 2 is 2.14 bits per heavy atom. The van der Waals surface area contributed by atoms with Crippen LogP contribution in [-0.2, 0) is 4.79 Å². The van der Waals surface area contributed by atoms with Gasteiger partial charge in [0.25, 0.3) is 0 Å². The summed E-state index contributed by atoms with van der Waals surface area (Å²) in [6.45, 7) is 0.215. The molecule has 0 heterocycles. The van der Waals surface area contributed by atoms with Crippen molar-refractivity contribution in [2.75, 3.05) is 30.5 Å². The van der Waals surface area contributed by atoms with E-state index in [0.717, 1.165) is 18.6 Å². The van der Waals surface area contributed by atoms with E-state index in [1.807, 2.05) is 0 Å². The number of benzene rings is 1. The molecule has 3 N–H and O–H groups in total. The molecule has 0 saturated heterocycles. The summed E-state index contributed by atoms with van der Waals surface area (Å²) in [7, 11) is 0. The first-order valence-corrected chi connectivity index (χ1v) is 7.99. The molecular weight excluding hydrogens is 292 g/mol. The molecule has 0 aliphatic heterocycles. The number of amides is 2. The zero-order valence-electron chi connectivity index (χ0n) is 11.9. The topological polar surface area (TPSA) is 87.7 Å². The maximum atomic E-state index is 11.7. The number of rotatable bonds is 9. The number of hydrogen-bond donors (Lipinski definition) is 3. The molecule has 6 nitrogen and oxygen atoms in total. The number of carboxylic acid groups (broad SMARTS) is 1. The maximum absolute atomic E-state index is 11.7. The van der Waals surface area contributed by atoms with Crippen LogP contribution in [0.5, 0.6) is 5.75 Å². The second-order valence-electron chi connectivity index (χ2n) is 4.29. The molecule has 0 aromatic heterocycles. The second kappa shape index (κ2) is 9.93. The number of nitrogens with one attached hydrogen (secondary N) is 2. The lowest BCUT2D eigenvalue weighted by atomic mass is 10.3. The summed E-state index contributed by atoms with van der Waals surface area (Å²) < 4.78 is 5.04. The maximum Gasteiger partial charge on any atom is 0.341 e. The van der Waals surface area contributed by atoms with Crippen LogP contribution in [0, 0.1) is 0 Å². The fourth-order valence-corrected chi connectivity index (χ4v) is 2.05. The normalized spacial score (nSPS) is 9.95. The lowest BCUT2D eigenvalue weighted by molar-refractivity contribution is -0.139. The van der Waals surface area contributed by atoms with Crippen molar-refractivity contribution in [3.63, 3.8) is 0 Å². The van der Waals surface area contributed by atoms with Crippen LogP contribution in [0.15, 0.2) is 24.3 Å². The van der Waals surface area contributed by atoms with E-state index in [2.05, 4.69) is 16.9 Å². The van der Waals surface area contributed by atoms with Crippen LogP contribution in [0.25, 0.3) is 0 Å². The Kier molecular flexibility index (Phi) is 8.11. The van der Waals surface area contributed by atoms with Gasteiger partial charge >= 0.3 is 12.0 Å². The summed E-state index contributed by atoms with van der Waals surface area (Å²) in [5, 5.41) is 14.0. The fourth-order valence-electron chi connectivity index (χ4n) is 1.56. The van der Waals surface area contributed by atoms with Gasteiger partial charge in [0.1, 0.15) is 5.75 Å². The van der Waals surface area contributed by atoms with Crippen molar-refractivity contribution in [3.8, 4) is 5.75 Å². The zero-order chi connectivity index (χ0) is 15.5. The van der Waals surface area contributed by atoms with Gasteiger partial charge in [-0.2, -0.15) is 11.8 Å². The van der Waals surface area contributed by atoms with Gasteiger partial charge < -0.3 is 20.5 Å². The summed E-state index contributed by atoms with van der Waals surface area (Å²) in [6.07, 6.45) is 4.07. The van der Waals surface area contributed by atoms with Crippen molar-refractivity contribution >= 4 is 29.4 Å². The molecule has 0 aliphatic carbocycles. The highest BCUT2D eigenvalue weighted by Crippen LogP contribution is 2.17. The third-order valence-corrected chi connectivity index (χ3v) is 3.21. The van der Waals surface area contributed by atoms with E-state index < -0.39 is 12.6 Å². The minimum Gasteiger partial charge on any atom is -0.482 e. The van der Waals surface area contributed by atoms with E-state index in [1.54, 1.807) is 36.0 Å². The third-order valence-electron chi connectivity index (χ3n) is 2.52. The molecule has 0 atom stereocenters. The second-order valence-corrected chi connectivity index (χ2v) is 5.28. The van der Waals surface area contributed by atoms with Gasteiger partial charge in [-0.05, 0) is 37.0 Å². The van der Waals surface area contributed by atoms with E-state index >= 15 is 0 Å². The number of anilines is 1. The molecule has 0 radical (unpaired) electrons. The van der Waals surface area contributed by atoms with Crippen LogP contribution < -0.4 is 15.4 Å². The summed E-state index contributed by atoms with van der Waals surface area (Å²) >= 11 is 1.79. The molecule has 1 aromatic carbocycles. The van der Waals surface area contributed by atoms with Crippen molar-refractivity contribution in [1.82, 2.24) is 5.32 Å². The number of aliphatic carboxylic acids is 1. The van der Waals surface area contributed by atoms with Crippen molar-refractivity contribution in [3.05, 3.63) is 24.3 Å². The number of hydrogen-bond acceptors (Lipinski definition) is 4. The molecular formula is C14H20N2O4S. The molecule has 0 saturated carbocycles. The molecule has 7 heteroatoms. The van der Waals surface area contributed by atoms with Crippen LogP contribution in [0.3, 0.4) is 0 Å². The largest absolute Gasteiger partial charge is 0.482 e. The van der Waals surface area contributed by atoms with Gasteiger partial charge in [0, 0.05) is 18.3 Å². The number of carbonyl (C=O) groups excluding carboxylic acids is 1. The standard InChI is InChI=1S/C14H20N2O4S/c1-21-8-3-2-7-15-14(19)16-11-5-4-6-12(9-11)20-10-13(17)18/h4-6,9H,2-3,7-8,10H2,1H3,(H,17,18)(H2,15,16,19). The molecule has 0 bridgehead atoms. The Hall–Kier alpha value is -1.89. The minimum absolute atomic E-state index is 0.283. The average molecular weight is 312 g/mol. The van der Waals surface area contributed by atoms with Crippen LogP contribution in [-0.4, -0.2) is 42.3 Å². The number of urea groups is 1. The summed E-state index contributed by atoms with van der Waals surface area (Å²) in [5.41, 5.74) is 0.555. The van der Waals surface area contributed by atoms with Gasteiger partial charge in [-0.1, -0.05) is 6.07 Å². The fraction of sp³-hybridized carbons (Fsp3) is 0.429. The molecule has 0 unspecified atom stereocenters. The van der Waals surface area contributed by atoms with Gasteiger partial charge in [-0.15, -0.1) is 0 Å². The highest BCUT2D eigenvalue weighted by atomic mass is 32.2. The van der Waals surface area contributed by atoms with Gasteiger partial charge in [0.2, 0.25) is 0 Å².